The number of rotatable bonds is 6. The standard InChI is InChI=1S/C23H16ClNO2/c24-21-10-6-18(7-11-21)16-27-22-12-8-17(9-13-22)14-20(15-25)23(26)19-4-2-1-3-5-19/h1-14H,16H2/b20-14+. The van der Waals surface area contributed by atoms with Gasteiger partial charge in [-0.05, 0) is 41.5 Å². The second-order valence-electron chi connectivity index (χ2n) is 5.85. The highest BCUT2D eigenvalue weighted by molar-refractivity contribution is 6.30. The van der Waals surface area contributed by atoms with Crippen molar-refractivity contribution in [2.75, 3.05) is 0 Å². The minimum Gasteiger partial charge on any atom is -0.489 e. The first-order chi connectivity index (χ1) is 13.2. The third kappa shape index (κ3) is 5.07. The van der Waals surface area contributed by atoms with E-state index in [2.05, 4.69) is 0 Å². The molecule has 0 fully saturated rings. The maximum absolute atomic E-state index is 12.4. The summed E-state index contributed by atoms with van der Waals surface area (Å²) in [5.41, 5.74) is 2.36. The van der Waals surface area contributed by atoms with Crippen molar-refractivity contribution in [1.82, 2.24) is 0 Å². The van der Waals surface area contributed by atoms with Crippen LogP contribution < -0.4 is 4.74 Å². The molecule has 3 rings (SSSR count). The molecule has 132 valence electrons. The fraction of sp³-hybridized carbons (Fsp3) is 0.0435. The number of halogens is 1. The van der Waals surface area contributed by atoms with E-state index in [-0.39, 0.29) is 11.4 Å². The normalized spacial score (nSPS) is 10.9. The Labute approximate surface area is 163 Å². The van der Waals surface area contributed by atoms with E-state index in [0.29, 0.717) is 22.9 Å². The highest BCUT2D eigenvalue weighted by Crippen LogP contribution is 2.18. The predicted octanol–water partition coefficient (Wildman–Crippen LogP) is 5.71. The van der Waals surface area contributed by atoms with Gasteiger partial charge in [0.05, 0.1) is 0 Å². The van der Waals surface area contributed by atoms with Crippen molar-refractivity contribution in [3.8, 4) is 11.8 Å². The highest BCUT2D eigenvalue weighted by Gasteiger charge is 2.11. The molecule has 0 spiro atoms. The van der Waals surface area contributed by atoms with Crippen LogP contribution in [0.4, 0.5) is 0 Å². The van der Waals surface area contributed by atoms with E-state index >= 15 is 0 Å². The first-order valence-corrected chi connectivity index (χ1v) is 8.72. The second-order valence-corrected chi connectivity index (χ2v) is 6.29. The fourth-order valence-corrected chi connectivity index (χ4v) is 2.59. The summed E-state index contributed by atoms with van der Waals surface area (Å²) in [6, 6.07) is 25.5. The smallest absolute Gasteiger partial charge is 0.203 e. The van der Waals surface area contributed by atoms with Crippen LogP contribution >= 0.6 is 11.6 Å². The SMILES string of the molecule is N#C/C(=C\c1ccc(OCc2ccc(Cl)cc2)cc1)C(=O)c1ccccc1. The molecule has 0 radical (unpaired) electrons. The lowest BCUT2D eigenvalue weighted by atomic mass is 10.0. The third-order valence-corrected chi connectivity index (χ3v) is 4.16. The van der Waals surface area contributed by atoms with E-state index in [1.54, 1.807) is 30.3 Å². The molecule has 0 N–H and O–H groups in total. The van der Waals surface area contributed by atoms with Gasteiger partial charge in [-0.1, -0.05) is 66.2 Å². The summed E-state index contributed by atoms with van der Waals surface area (Å²) >= 11 is 5.87. The second kappa shape index (κ2) is 8.84. The van der Waals surface area contributed by atoms with Gasteiger partial charge in [-0.25, -0.2) is 0 Å². The van der Waals surface area contributed by atoms with Crippen molar-refractivity contribution in [3.63, 3.8) is 0 Å². The molecule has 0 heterocycles. The average molecular weight is 374 g/mol. The van der Waals surface area contributed by atoms with Crippen LogP contribution in [0.3, 0.4) is 0 Å². The molecule has 3 aromatic rings. The van der Waals surface area contributed by atoms with Gasteiger partial charge in [0.25, 0.3) is 0 Å². The van der Waals surface area contributed by atoms with Gasteiger partial charge in [-0.3, -0.25) is 4.79 Å². The van der Waals surface area contributed by atoms with Crippen LogP contribution in [0.5, 0.6) is 5.75 Å². The van der Waals surface area contributed by atoms with E-state index in [1.807, 2.05) is 60.7 Å². The number of nitrogens with zero attached hydrogens (tertiary/aromatic N) is 1. The number of hydrogen-bond donors (Lipinski definition) is 0. The number of carbonyl (C=O) groups is 1. The lowest BCUT2D eigenvalue weighted by Gasteiger charge is -2.07. The van der Waals surface area contributed by atoms with E-state index in [0.717, 1.165) is 11.1 Å². The third-order valence-electron chi connectivity index (χ3n) is 3.91. The number of benzene rings is 3. The first-order valence-electron chi connectivity index (χ1n) is 8.34. The van der Waals surface area contributed by atoms with Crippen molar-refractivity contribution in [2.45, 2.75) is 6.61 Å². The summed E-state index contributed by atoms with van der Waals surface area (Å²) in [5, 5.41) is 10.0. The Hall–Kier alpha value is -3.35. The Bertz CT molecular complexity index is 985. The number of allylic oxidation sites excluding steroid dienone is 1. The molecular formula is C23H16ClNO2. The molecule has 4 heteroatoms. The highest BCUT2D eigenvalue weighted by atomic mass is 35.5. The Balaban J connectivity index is 1.68. The van der Waals surface area contributed by atoms with Gasteiger partial charge in [0.2, 0.25) is 5.78 Å². The first kappa shape index (κ1) is 18.4. The molecule has 3 nitrogen and oxygen atoms in total. The Morgan fingerprint density at radius 1 is 0.963 bits per heavy atom. The molecule has 0 aliphatic carbocycles. The minimum atomic E-state index is -0.291. The number of carbonyl (C=O) groups excluding carboxylic acids is 1. The lowest BCUT2D eigenvalue weighted by Crippen LogP contribution is -2.01. The summed E-state index contributed by atoms with van der Waals surface area (Å²) in [6.07, 6.45) is 1.58. The zero-order valence-corrected chi connectivity index (χ0v) is 15.2. The van der Waals surface area contributed by atoms with Crippen LogP contribution in [0.25, 0.3) is 6.08 Å². The minimum absolute atomic E-state index is 0.0935. The molecular weight excluding hydrogens is 358 g/mol. The molecule has 3 aromatic carbocycles. The molecule has 0 saturated carbocycles. The van der Waals surface area contributed by atoms with Gasteiger partial charge in [0.15, 0.2) is 0 Å². The molecule has 0 amide bonds. The maximum Gasteiger partial charge on any atom is 0.203 e. The molecule has 0 aliphatic heterocycles. The molecule has 0 aliphatic rings. The Morgan fingerprint density at radius 3 is 2.26 bits per heavy atom. The van der Waals surface area contributed by atoms with E-state index in [9.17, 15) is 10.1 Å². The molecule has 0 unspecified atom stereocenters. The van der Waals surface area contributed by atoms with Crippen LogP contribution in [0, 0.1) is 11.3 Å². The fourth-order valence-electron chi connectivity index (χ4n) is 2.47. The lowest BCUT2D eigenvalue weighted by molar-refractivity contribution is 0.104. The van der Waals surface area contributed by atoms with Gasteiger partial charge in [0, 0.05) is 10.6 Å². The van der Waals surface area contributed by atoms with Crippen molar-refractivity contribution in [3.05, 3.63) is 106 Å². The summed E-state index contributed by atoms with van der Waals surface area (Å²) < 4.78 is 5.74. The number of Topliss-reactive ketones (excluding diaryl/α,β-unsaturated/α-hetero) is 1. The van der Waals surface area contributed by atoms with E-state index < -0.39 is 0 Å². The molecule has 27 heavy (non-hydrogen) atoms. The zero-order valence-electron chi connectivity index (χ0n) is 14.4. The zero-order chi connectivity index (χ0) is 19.1. The topological polar surface area (TPSA) is 50.1 Å². The number of ether oxygens (including phenoxy) is 1. The van der Waals surface area contributed by atoms with Crippen LogP contribution in [-0.4, -0.2) is 5.78 Å². The monoisotopic (exact) mass is 373 g/mol. The predicted molar refractivity (Wildman–Crippen MR) is 107 cm³/mol. The van der Waals surface area contributed by atoms with Crippen LogP contribution in [-0.2, 0) is 6.61 Å². The maximum atomic E-state index is 12.4. The number of ketones is 1. The van der Waals surface area contributed by atoms with Crippen molar-refractivity contribution in [2.24, 2.45) is 0 Å². The largest absolute Gasteiger partial charge is 0.489 e. The molecule has 0 aromatic heterocycles. The summed E-state index contributed by atoms with van der Waals surface area (Å²) in [4.78, 5) is 12.4. The molecule has 0 saturated heterocycles. The van der Waals surface area contributed by atoms with Gasteiger partial charge < -0.3 is 4.74 Å². The average Bonchev–Trinajstić information content (AvgIpc) is 2.72. The quantitative estimate of drug-likeness (QED) is 0.316. The van der Waals surface area contributed by atoms with Gasteiger partial charge >= 0.3 is 0 Å². The van der Waals surface area contributed by atoms with Crippen molar-refractivity contribution >= 4 is 23.5 Å². The van der Waals surface area contributed by atoms with Crippen molar-refractivity contribution < 1.29 is 9.53 Å². The Kier molecular flexibility index (Phi) is 6.04. The van der Waals surface area contributed by atoms with E-state index in [1.165, 1.54) is 0 Å². The summed E-state index contributed by atoms with van der Waals surface area (Å²) in [5.74, 6) is 0.413. The molecule has 0 bridgehead atoms. The Morgan fingerprint density at radius 2 is 1.63 bits per heavy atom. The number of hydrogen-bond acceptors (Lipinski definition) is 3. The van der Waals surface area contributed by atoms with Gasteiger partial charge in [-0.2, -0.15) is 5.26 Å². The van der Waals surface area contributed by atoms with Gasteiger partial charge in [0.1, 0.15) is 24.0 Å². The van der Waals surface area contributed by atoms with Crippen molar-refractivity contribution in [1.29, 1.82) is 5.26 Å². The van der Waals surface area contributed by atoms with Crippen LogP contribution in [0.15, 0.2) is 84.4 Å². The summed E-state index contributed by atoms with van der Waals surface area (Å²) in [7, 11) is 0. The van der Waals surface area contributed by atoms with Crippen LogP contribution in [0.2, 0.25) is 5.02 Å². The van der Waals surface area contributed by atoms with Crippen LogP contribution in [0.1, 0.15) is 21.5 Å². The van der Waals surface area contributed by atoms with E-state index in [4.69, 9.17) is 16.3 Å². The van der Waals surface area contributed by atoms with Gasteiger partial charge in [-0.15, -0.1) is 0 Å². The molecule has 0 atom stereocenters. The summed E-state index contributed by atoms with van der Waals surface area (Å²) in [6.45, 7) is 0.433. The number of nitriles is 1.